The Morgan fingerprint density at radius 1 is 1.12 bits per heavy atom. The van der Waals surface area contributed by atoms with E-state index in [1.807, 2.05) is 37.3 Å². The van der Waals surface area contributed by atoms with Crippen LogP contribution in [0.4, 0.5) is 10.1 Å². The molecule has 122 valence electrons. The molecule has 5 nitrogen and oxygen atoms in total. The lowest BCUT2D eigenvalue weighted by atomic mass is 10.2. The van der Waals surface area contributed by atoms with Gasteiger partial charge in [-0.3, -0.25) is 4.79 Å². The van der Waals surface area contributed by atoms with E-state index in [1.54, 1.807) is 4.68 Å². The zero-order valence-electron chi connectivity index (χ0n) is 13.2. The molecule has 0 bridgehead atoms. The van der Waals surface area contributed by atoms with Gasteiger partial charge in [-0.15, -0.1) is 5.10 Å². The van der Waals surface area contributed by atoms with Crippen molar-refractivity contribution in [3.8, 4) is 5.69 Å². The molecular formula is C18H17FN4O. The van der Waals surface area contributed by atoms with Crippen LogP contribution >= 0.6 is 0 Å². The molecule has 0 unspecified atom stereocenters. The second kappa shape index (κ2) is 7.04. The Morgan fingerprint density at radius 3 is 2.50 bits per heavy atom. The molecular weight excluding hydrogens is 307 g/mol. The van der Waals surface area contributed by atoms with E-state index < -0.39 is 0 Å². The standard InChI is InChI=1S/C18H17FN4O/c1-2-6-16-17(18(24)20-14-11-9-13(19)10-12-14)21-22-23(16)15-7-4-3-5-8-15/h3-5,7-12H,2,6H2,1H3,(H,20,24). The van der Waals surface area contributed by atoms with E-state index in [0.717, 1.165) is 17.8 Å². The number of hydrogen-bond donors (Lipinski definition) is 1. The summed E-state index contributed by atoms with van der Waals surface area (Å²) in [6.45, 7) is 2.03. The lowest BCUT2D eigenvalue weighted by Crippen LogP contribution is -2.15. The van der Waals surface area contributed by atoms with Crippen molar-refractivity contribution in [2.24, 2.45) is 0 Å². The van der Waals surface area contributed by atoms with Crippen molar-refractivity contribution in [1.82, 2.24) is 15.0 Å². The fourth-order valence-corrected chi connectivity index (χ4v) is 2.44. The first-order valence-electron chi connectivity index (χ1n) is 7.76. The van der Waals surface area contributed by atoms with Gasteiger partial charge in [0.25, 0.3) is 5.91 Å². The molecule has 24 heavy (non-hydrogen) atoms. The molecule has 0 fully saturated rings. The summed E-state index contributed by atoms with van der Waals surface area (Å²) in [7, 11) is 0. The number of anilines is 1. The van der Waals surface area contributed by atoms with Gasteiger partial charge in [-0.25, -0.2) is 9.07 Å². The Kier molecular flexibility index (Phi) is 4.65. The lowest BCUT2D eigenvalue weighted by molar-refractivity contribution is 0.102. The number of para-hydroxylation sites is 1. The summed E-state index contributed by atoms with van der Waals surface area (Å²) in [6.07, 6.45) is 1.53. The number of carbonyl (C=O) groups excluding carboxylic acids is 1. The van der Waals surface area contributed by atoms with Crippen molar-refractivity contribution in [3.63, 3.8) is 0 Å². The van der Waals surface area contributed by atoms with E-state index in [9.17, 15) is 9.18 Å². The molecule has 0 saturated heterocycles. The minimum atomic E-state index is -0.354. The highest BCUT2D eigenvalue weighted by molar-refractivity contribution is 6.03. The second-order valence-electron chi connectivity index (χ2n) is 5.34. The van der Waals surface area contributed by atoms with Crippen molar-refractivity contribution in [2.45, 2.75) is 19.8 Å². The summed E-state index contributed by atoms with van der Waals surface area (Å²) in [5.41, 5.74) is 2.40. The number of amides is 1. The Morgan fingerprint density at radius 2 is 1.83 bits per heavy atom. The molecule has 0 saturated carbocycles. The van der Waals surface area contributed by atoms with Gasteiger partial charge in [-0.1, -0.05) is 36.8 Å². The zero-order valence-corrected chi connectivity index (χ0v) is 13.2. The third-order valence-corrected chi connectivity index (χ3v) is 3.57. The SMILES string of the molecule is CCCc1c(C(=O)Nc2ccc(F)cc2)nnn1-c1ccccc1. The number of rotatable bonds is 5. The van der Waals surface area contributed by atoms with Crippen LogP contribution in [-0.4, -0.2) is 20.9 Å². The molecule has 3 aromatic rings. The monoisotopic (exact) mass is 324 g/mol. The Hall–Kier alpha value is -3.02. The number of carbonyl (C=O) groups is 1. The van der Waals surface area contributed by atoms with Crippen LogP contribution < -0.4 is 5.32 Å². The molecule has 0 aliphatic rings. The average molecular weight is 324 g/mol. The molecule has 0 spiro atoms. The molecule has 1 aromatic heterocycles. The second-order valence-corrected chi connectivity index (χ2v) is 5.34. The predicted octanol–water partition coefficient (Wildman–Crippen LogP) is 3.61. The smallest absolute Gasteiger partial charge is 0.278 e. The van der Waals surface area contributed by atoms with Crippen LogP contribution in [0.2, 0.25) is 0 Å². The van der Waals surface area contributed by atoms with E-state index in [1.165, 1.54) is 24.3 Å². The average Bonchev–Trinajstić information content (AvgIpc) is 3.02. The Labute approximate surface area is 139 Å². The van der Waals surface area contributed by atoms with Gasteiger partial charge in [0.2, 0.25) is 0 Å². The number of nitrogens with one attached hydrogen (secondary N) is 1. The van der Waals surface area contributed by atoms with Crippen molar-refractivity contribution < 1.29 is 9.18 Å². The maximum absolute atomic E-state index is 13.0. The first-order chi connectivity index (χ1) is 11.7. The highest BCUT2D eigenvalue weighted by Gasteiger charge is 2.20. The number of aromatic nitrogens is 3. The van der Waals surface area contributed by atoms with Crippen LogP contribution in [0.5, 0.6) is 0 Å². The van der Waals surface area contributed by atoms with Crippen molar-refractivity contribution in [2.75, 3.05) is 5.32 Å². The zero-order chi connectivity index (χ0) is 16.9. The van der Waals surface area contributed by atoms with E-state index in [0.29, 0.717) is 12.1 Å². The van der Waals surface area contributed by atoms with Crippen LogP contribution in [0, 0.1) is 5.82 Å². The third-order valence-electron chi connectivity index (χ3n) is 3.57. The quantitative estimate of drug-likeness (QED) is 0.780. The summed E-state index contributed by atoms with van der Waals surface area (Å²) >= 11 is 0. The molecule has 3 rings (SSSR count). The molecule has 1 heterocycles. The van der Waals surface area contributed by atoms with Gasteiger partial charge < -0.3 is 5.32 Å². The number of benzene rings is 2. The Bertz CT molecular complexity index is 828. The summed E-state index contributed by atoms with van der Waals surface area (Å²) < 4.78 is 14.6. The summed E-state index contributed by atoms with van der Waals surface area (Å²) in [5.74, 6) is -0.707. The van der Waals surface area contributed by atoms with Crippen molar-refractivity contribution in [1.29, 1.82) is 0 Å². The van der Waals surface area contributed by atoms with Gasteiger partial charge in [-0.05, 0) is 42.8 Å². The van der Waals surface area contributed by atoms with Crippen LogP contribution in [0.1, 0.15) is 29.5 Å². The van der Waals surface area contributed by atoms with Crippen LogP contribution in [0.3, 0.4) is 0 Å². The maximum atomic E-state index is 13.0. The van der Waals surface area contributed by atoms with Crippen LogP contribution in [0.25, 0.3) is 5.69 Å². The van der Waals surface area contributed by atoms with E-state index >= 15 is 0 Å². The van der Waals surface area contributed by atoms with E-state index in [2.05, 4.69) is 15.6 Å². The van der Waals surface area contributed by atoms with Crippen molar-refractivity contribution in [3.05, 3.63) is 71.8 Å². The largest absolute Gasteiger partial charge is 0.321 e. The molecule has 1 N–H and O–H groups in total. The molecule has 6 heteroatoms. The molecule has 0 radical (unpaired) electrons. The molecule has 0 aliphatic carbocycles. The topological polar surface area (TPSA) is 59.8 Å². The number of nitrogens with zero attached hydrogens (tertiary/aromatic N) is 3. The molecule has 0 atom stereocenters. The van der Waals surface area contributed by atoms with E-state index in [4.69, 9.17) is 0 Å². The highest BCUT2D eigenvalue weighted by Crippen LogP contribution is 2.17. The van der Waals surface area contributed by atoms with E-state index in [-0.39, 0.29) is 17.4 Å². The fraction of sp³-hybridized carbons (Fsp3) is 0.167. The van der Waals surface area contributed by atoms with Gasteiger partial charge in [0.05, 0.1) is 11.4 Å². The van der Waals surface area contributed by atoms with Crippen LogP contribution in [0.15, 0.2) is 54.6 Å². The van der Waals surface area contributed by atoms with Gasteiger partial charge in [0, 0.05) is 5.69 Å². The minimum absolute atomic E-state index is 0.282. The summed E-state index contributed by atoms with van der Waals surface area (Å²) in [6, 6.07) is 15.2. The predicted molar refractivity (Wildman–Crippen MR) is 89.7 cm³/mol. The van der Waals surface area contributed by atoms with Gasteiger partial charge in [0.1, 0.15) is 5.82 Å². The van der Waals surface area contributed by atoms with Crippen LogP contribution in [-0.2, 0) is 6.42 Å². The van der Waals surface area contributed by atoms with Gasteiger partial charge in [-0.2, -0.15) is 0 Å². The van der Waals surface area contributed by atoms with Gasteiger partial charge >= 0.3 is 0 Å². The summed E-state index contributed by atoms with van der Waals surface area (Å²) in [4.78, 5) is 12.5. The normalized spacial score (nSPS) is 10.6. The summed E-state index contributed by atoms with van der Waals surface area (Å²) in [5, 5.41) is 10.9. The van der Waals surface area contributed by atoms with Crippen molar-refractivity contribution >= 4 is 11.6 Å². The Balaban J connectivity index is 1.91. The number of hydrogen-bond acceptors (Lipinski definition) is 3. The fourth-order valence-electron chi connectivity index (χ4n) is 2.44. The highest BCUT2D eigenvalue weighted by atomic mass is 19.1. The first kappa shape index (κ1) is 15.9. The number of halogens is 1. The first-order valence-corrected chi connectivity index (χ1v) is 7.76. The van der Waals surface area contributed by atoms with Gasteiger partial charge in [0.15, 0.2) is 5.69 Å². The molecule has 1 amide bonds. The molecule has 0 aliphatic heterocycles. The third kappa shape index (κ3) is 3.32. The molecule has 2 aromatic carbocycles. The minimum Gasteiger partial charge on any atom is -0.321 e. The lowest BCUT2D eigenvalue weighted by Gasteiger charge is -2.07. The maximum Gasteiger partial charge on any atom is 0.278 e.